The van der Waals surface area contributed by atoms with Crippen molar-refractivity contribution >= 4 is 9.24 Å². The SMILES string of the molecule is [CH2-][C+]1CCC(P)CC1. The molecule has 0 bridgehead atoms. The van der Waals surface area contributed by atoms with Gasteiger partial charge in [-0.25, -0.2) is 0 Å². The van der Waals surface area contributed by atoms with E-state index in [1.807, 2.05) is 0 Å². The Morgan fingerprint density at radius 2 is 1.88 bits per heavy atom. The normalized spacial score (nSPS) is 24.0. The Labute approximate surface area is 54.3 Å². The monoisotopic (exact) mass is 128 g/mol. The fourth-order valence-corrected chi connectivity index (χ4v) is 1.38. The third-order valence-electron chi connectivity index (χ3n) is 1.74. The quantitative estimate of drug-likeness (QED) is 0.346. The van der Waals surface area contributed by atoms with Crippen LogP contribution in [0.2, 0.25) is 0 Å². The molecule has 1 aliphatic rings. The Kier molecular flexibility index (Phi) is 2.19. The van der Waals surface area contributed by atoms with Crippen LogP contribution in [0.4, 0.5) is 0 Å². The molecule has 0 nitrogen and oxygen atoms in total. The molecule has 0 aromatic heterocycles. The molecule has 46 valence electrons. The molecular weight excluding hydrogens is 115 g/mol. The molecule has 0 aromatic rings. The van der Waals surface area contributed by atoms with Crippen molar-refractivity contribution in [1.82, 2.24) is 0 Å². The van der Waals surface area contributed by atoms with Crippen LogP contribution in [-0.2, 0) is 0 Å². The van der Waals surface area contributed by atoms with Gasteiger partial charge in [0.05, 0.1) is 12.8 Å². The van der Waals surface area contributed by atoms with Crippen LogP contribution in [0, 0.1) is 12.8 Å². The summed E-state index contributed by atoms with van der Waals surface area (Å²) in [6, 6.07) is 0. The molecule has 0 saturated heterocycles. The van der Waals surface area contributed by atoms with E-state index in [1.165, 1.54) is 31.6 Å². The summed E-state index contributed by atoms with van der Waals surface area (Å²) in [6.07, 6.45) is 5.19. The molecule has 1 fully saturated rings. The van der Waals surface area contributed by atoms with Crippen molar-refractivity contribution in [2.24, 2.45) is 0 Å². The molecule has 0 N–H and O–H groups in total. The van der Waals surface area contributed by atoms with Crippen molar-refractivity contribution < 1.29 is 0 Å². The Balaban J connectivity index is 2.19. The van der Waals surface area contributed by atoms with Crippen molar-refractivity contribution in [2.75, 3.05) is 0 Å². The lowest BCUT2D eigenvalue weighted by molar-refractivity contribution is 0.569. The highest BCUT2D eigenvalue weighted by Gasteiger charge is 2.16. The summed E-state index contributed by atoms with van der Waals surface area (Å²) in [6.45, 7) is 3.94. The molecule has 0 radical (unpaired) electrons. The molecule has 1 rings (SSSR count). The third kappa shape index (κ3) is 1.67. The highest BCUT2D eigenvalue weighted by atomic mass is 31.0. The van der Waals surface area contributed by atoms with Crippen molar-refractivity contribution in [1.29, 1.82) is 0 Å². The average molecular weight is 128 g/mol. The summed E-state index contributed by atoms with van der Waals surface area (Å²) < 4.78 is 0. The zero-order chi connectivity index (χ0) is 5.98. The third-order valence-corrected chi connectivity index (χ3v) is 2.40. The topological polar surface area (TPSA) is 0 Å². The second kappa shape index (κ2) is 2.73. The molecule has 0 aliphatic heterocycles. The first-order valence-electron chi connectivity index (χ1n) is 3.21. The molecule has 1 aliphatic carbocycles. The molecule has 1 unspecified atom stereocenters. The fraction of sp³-hybridized carbons (Fsp3) is 0.714. The van der Waals surface area contributed by atoms with Gasteiger partial charge in [-0.3, -0.25) is 0 Å². The van der Waals surface area contributed by atoms with Gasteiger partial charge in [-0.15, -0.1) is 16.2 Å². The lowest BCUT2D eigenvalue weighted by Gasteiger charge is -2.18. The van der Waals surface area contributed by atoms with Gasteiger partial charge in [-0.1, -0.05) is 5.92 Å². The van der Waals surface area contributed by atoms with E-state index >= 15 is 0 Å². The first-order valence-corrected chi connectivity index (χ1v) is 3.88. The van der Waals surface area contributed by atoms with Gasteiger partial charge < -0.3 is 0 Å². The molecule has 1 heteroatoms. The lowest BCUT2D eigenvalue weighted by Crippen LogP contribution is -2.09. The van der Waals surface area contributed by atoms with Gasteiger partial charge >= 0.3 is 0 Å². The second-order valence-electron chi connectivity index (χ2n) is 2.59. The Morgan fingerprint density at radius 1 is 1.38 bits per heavy atom. The Morgan fingerprint density at radius 3 is 2.25 bits per heavy atom. The summed E-state index contributed by atoms with van der Waals surface area (Å²) in [5.74, 6) is 1.45. The largest absolute Gasteiger partial charge is 0.147 e. The summed E-state index contributed by atoms with van der Waals surface area (Å²) in [5.41, 5.74) is 0.875. The van der Waals surface area contributed by atoms with Crippen LogP contribution in [0.25, 0.3) is 0 Å². The van der Waals surface area contributed by atoms with Crippen LogP contribution < -0.4 is 0 Å². The van der Waals surface area contributed by atoms with Gasteiger partial charge in [0.1, 0.15) is 0 Å². The van der Waals surface area contributed by atoms with Gasteiger partial charge in [-0.05, 0) is 18.5 Å². The zero-order valence-electron chi connectivity index (χ0n) is 5.19. The first kappa shape index (κ1) is 6.42. The predicted octanol–water partition coefficient (Wildman–Crippen LogP) is 2.21. The second-order valence-corrected chi connectivity index (χ2v) is 3.53. The molecular formula is C7H13P. The standard InChI is InChI=1S/C7H13P/c1-6-2-4-7(8)5-3-6/h7H,1-5,8H2. The molecule has 1 atom stereocenters. The minimum absolute atomic E-state index is 0.875. The fourth-order valence-electron chi connectivity index (χ4n) is 1.05. The average Bonchev–Trinajstić information content (AvgIpc) is 1.77. The van der Waals surface area contributed by atoms with Gasteiger partial charge in [0, 0.05) is 0 Å². The molecule has 8 heavy (non-hydrogen) atoms. The van der Waals surface area contributed by atoms with Crippen LogP contribution >= 0.6 is 9.24 Å². The predicted molar refractivity (Wildman–Crippen MR) is 40.6 cm³/mol. The van der Waals surface area contributed by atoms with Crippen molar-refractivity contribution in [3.63, 3.8) is 0 Å². The summed E-state index contributed by atoms with van der Waals surface area (Å²) in [4.78, 5) is 0. The maximum absolute atomic E-state index is 3.94. The van der Waals surface area contributed by atoms with E-state index in [4.69, 9.17) is 0 Å². The highest BCUT2D eigenvalue weighted by molar-refractivity contribution is 7.17. The molecule has 1 saturated carbocycles. The minimum Gasteiger partial charge on any atom is -0.147 e. The van der Waals surface area contributed by atoms with E-state index in [-0.39, 0.29) is 0 Å². The van der Waals surface area contributed by atoms with E-state index < -0.39 is 0 Å². The number of hydrogen-bond donors (Lipinski definition) is 0. The van der Waals surface area contributed by atoms with Gasteiger partial charge in [0.2, 0.25) is 0 Å². The van der Waals surface area contributed by atoms with Gasteiger partial charge in [0.15, 0.2) is 0 Å². The maximum atomic E-state index is 3.94. The van der Waals surface area contributed by atoms with Gasteiger partial charge in [-0.2, -0.15) is 0 Å². The van der Waals surface area contributed by atoms with E-state index in [1.54, 1.807) is 0 Å². The Hall–Kier alpha value is 0.300. The van der Waals surface area contributed by atoms with Crippen molar-refractivity contribution in [2.45, 2.75) is 31.3 Å². The first-order chi connectivity index (χ1) is 3.79. The van der Waals surface area contributed by atoms with Crippen LogP contribution in [-0.4, -0.2) is 5.66 Å². The molecule has 0 aromatic carbocycles. The van der Waals surface area contributed by atoms with Crippen LogP contribution in [0.1, 0.15) is 25.7 Å². The van der Waals surface area contributed by atoms with Crippen LogP contribution in [0.5, 0.6) is 0 Å². The van der Waals surface area contributed by atoms with Crippen molar-refractivity contribution in [3.05, 3.63) is 12.8 Å². The van der Waals surface area contributed by atoms with E-state index in [2.05, 4.69) is 16.2 Å². The van der Waals surface area contributed by atoms with E-state index in [9.17, 15) is 0 Å². The number of rotatable bonds is 0. The molecule has 0 spiro atoms. The molecule has 0 heterocycles. The lowest BCUT2D eigenvalue weighted by atomic mass is 9.91. The zero-order valence-corrected chi connectivity index (χ0v) is 6.34. The van der Waals surface area contributed by atoms with Crippen LogP contribution in [0.3, 0.4) is 0 Å². The van der Waals surface area contributed by atoms with Crippen LogP contribution in [0.15, 0.2) is 0 Å². The summed E-state index contributed by atoms with van der Waals surface area (Å²) in [7, 11) is 2.88. The molecule has 0 amide bonds. The smallest absolute Gasteiger partial charge is 0.0598 e. The van der Waals surface area contributed by atoms with Gasteiger partial charge in [0.25, 0.3) is 0 Å². The van der Waals surface area contributed by atoms with E-state index in [0.29, 0.717) is 0 Å². The summed E-state index contributed by atoms with van der Waals surface area (Å²) >= 11 is 0. The maximum Gasteiger partial charge on any atom is 0.0598 e. The van der Waals surface area contributed by atoms with Crippen molar-refractivity contribution in [3.8, 4) is 0 Å². The minimum atomic E-state index is 0.875. The summed E-state index contributed by atoms with van der Waals surface area (Å²) in [5, 5.41) is 0. The Bertz CT molecular complexity index is 52.8. The number of hydrogen-bond acceptors (Lipinski definition) is 0. The van der Waals surface area contributed by atoms with E-state index in [0.717, 1.165) is 5.66 Å². The highest BCUT2D eigenvalue weighted by Crippen LogP contribution is 2.28.